The Hall–Kier alpha value is -1.68. The molecule has 0 atom stereocenters. The Morgan fingerprint density at radius 3 is 2.41 bits per heavy atom. The summed E-state index contributed by atoms with van der Waals surface area (Å²) in [5, 5.41) is 3.24. The first kappa shape index (κ1) is 23.5. The Kier molecular flexibility index (Phi) is 7.09. The summed E-state index contributed by atoms with van der Waals surface area (Å²) >= 11 is 14.1. The third kappa shape index (κ3) is 4.81. The van der Waals surface area contributed by atoms with Crippen LogP contribution in [-0.4, -0.2) is 43.6 Å². The standard InChI is InChI=1S/C22H23Cl2N3O3S2/c1-15(2)27-21(19-13-16(23)3-8-20(19)24)14-31-22(27)25-17-4-6-18(7-5-17)32(28,29)26-9-11-30-12-10-26/h3-8,13-15H,9-12H2,1-2H3. The molecule has 6 nitrogen and oxygen atoms in total. The van der Waals surface area contributed by atoms with Gasteiger partial charge in [0.05, 0.1) is 34.5 Å². The van der Waals surface area contributed by atoms with Crippen molar-refractivity contribution in [1.82, 2.24) is 8.87 Å². The number of benzene rings is 2. The predicted octanol–water partition coefficient (Wildman–Crippen LogP) is 5.36. The molecule has 0 N–H and O–H groups in total. The largest absolute Gasteiger partial charge is 0.379 e. The number of morpholine rings is 1. The molecule has 0 bridgehead atoms. The number of hydrogen-bond donors (Lipinski definition) is 0. The summed E-state index contributed by atoms with van der Waals surface area (Å²) in [7, 11) is -3.53. The number of thiazole rings is 1. The molecule has 2 aromatic carbocycles. The van der Waals surface area contributed by atoms with Crippen molar-refractivity contribution < 1.29 is 13.2 Å². The van der Waals surface area contributed by atoms with Crippen LogP contribution in [0.1, 0.15) is 19.9 Å². The van der Waals surface area contributed by atoms with E-state index in [2.05, 4.69) is 18.4 Å². The number of hydrogen-bond acceptors (Lipinski definition) is 5. The van der Waals surface area contributed by atoms with Gasteiger partial charge in [0.2, 0.25) is 10.0 Å². The van der Waals surface area contributed by atoms with Gasteiger partial charge in [-0.2, -0.15) is 4.31 Å². The van der Waals surface area contributed by atoms with E-state index in [-0.39, 0.29) is 10.9 Å². The molecule has 1 aliphatic rings. The smallest absolute Gasteiger partial charge is 0.243 e. The Morgan fingerprint density at radius 2 is 1.75 bits per heavy atom. The molecule has 0 spiro atoms. The first-order valence-electron chi connectivity index (χ1n) is 10.2. The van der Waals surface area contributed by atoms with E-state index in [1.807, 2.05) is 11.4 Å². The molecule has 3 aromatic rings. The van der Waals surface area contributed by atoms with Crippen LogP contribution in [0.3, 0.4) is 0 Å². The maximum atomic E-state index is 12.8. The lowest BCUT2D eigenvalue weighted by atomic mass is 10.1. The van der Waals surface area contributed by atoms with Crippen LogP contribution < -0.4 is 4.80 Å². The van der Waals surface area contributed by atoms with Crippen LogP contribution in [-0.2, 0) is 14.8 Å². The zero-order valence-corrected chi connectivity index (χ0v) is 20.8. The fraction of sp³-hybridized carbons (Fsp3) is 0.318. The van der Waals surface area contributed by atoms with Crippen molar-refractivity contribution in [2.75, 3.05) is 26.3 Å². The van der Waals surface area contributed by atoms with Gasteiger partial charge in [-0.1, -0.05) is 23.2 Å². The second kappa shape index (κ2) is 9.67. The van der Waals surface area contributed by atoms with E-state index in [0.29, 0.717) is 42.0 Å². The summed E-state index contributed by atoms with van der Waals surface area (Å²) in [6.07, 6.45) is 0. The van der Waals surface area contributed by atoms with Crippen molar-refractivity contribution in [2.24, 2.45) is 4.99 Å². The minimum atomic E-state index is -3.53. The SMILES string of the molecule is CC(C)n1c(-c2cc(Cl)ccc2Cl)csc1=Nc1ccc(S(=O)(=O)N2CCOCC2)cc1. The van der Waals surface area contributed by atoms with Gasteiger partial charge in [-0.05, 0) is 56.3 Å². The monoisotopic (exact) mass is 511 g/mol. The van der Waals surface area contributed by atoms with Crippen molar-refractivity contribution in [3.8, 4) is 11.3 Å². The van der Waals surface area contributed by atoms with Crippen molar-refractivity contribution in [2.45, 2.75) is 24.8 Å². The first-order chi connectivity index (χ1) is 15.3. The van der Waals surface area contributed by atoms with Crippen molar-refractivity contribution >= 4 is 50.2 Å². The summed E-state index contributed by atoms with van der Waals surface area (Å²) in [5.41, 5.74) is 2.45. The van der Waals surface area contributed by atoms with E-state index in [4.69, 9.17) is 32.9 Å². The van der Waals surface area contributed by atoms with E-state index in [1.54, 1.807) is 36.4 Å². The average molecular weight is 512 g/mol. The van der Waals surface area contributed by atoms with Gasteiger partial charge in [0.25, 0.3) is 0 Å². The van der Waals surface area contributed by atoms with Gasteiger partial charge in [0.1, 0.15) is 0 Å². The van der Waals surface area contributed by atoms with E-state index in [9.17, 15) is 8.42 Å². The van der Waals surface area contributed by atoms with Gasteiger partial charge in [-0.3, -0.25) is 0 Å². The maximum Gasteiger partial charge on any atom is 0.243 e. The molecular formula is C22H23Cl2N3O3S2. The van der Waals surface area contributed by atoms with Gasteiger partial charge in [-0.15, -0.1) is 11.3 Å². The highest BCUT2D eigenvalue weighted by atomic mass is 35.5. The zero-order valence-electron chi connectivity index (χ0n) is 17.7. The number of rotatable bonds is 5. The van der Waals surface area contributed by atoms with Crippen molar-refractivity contribution in [1.29, 1.82) is 0 Å². The second-order valence-electron chi connectivity index (χ2n) is 7.61. The molecule has 0 aliphatic carbocycles. The molecule has 2 heterocycles. The Labute approximate surface area is 201 Å². The van der Waals surface area contributed by atoms with E-state index >= 15 is 0 Å². The normalized spacial score (nSPS) is 16.1. The third-order valence-corrected chi connectivity index (χ3v) is 8.45. The van der Waals surface area contributed by atoms with E-state index < -0.39 is 10.0 Å². The number of aromatic nitrogens is 1. The van der Waals surface area contributed by atoms with Gasteiger partial charge in [-0.25, -0.2) is 13.4 Å². The maximum absolute atomic E-state index is 12.8. The fourth-order valence-electron chi connectivity index (χ4n) is 3.53. The molecule has 0 amide bonds. The Morgan fingerprint density at radius 1 is 1.06 bits per heavy atom. The van der Waals surface area contributed by atoms with Crippen LogP contribution >= 0.6 is 34.5 Å². The highest BCUT2D eigenvalue weighted by molar-refractivity contribution is 7.89. The summed E-state index contributed by atoms with van der Waals surface area (Å²) in [6, 6.07) is 12.2. The fourth-order valence-corrected chi connectivity index (χ4v) is 6.36. The van der Waals surface area contributed by atoms with Gasteiger partial charge < -0.3 is 9.30 Å². The molecule has 1 aromatic heterocycles. The van der Waals surface area contributed by atoms with Crippen LogP contribution in [0.2, 0.25) is 10.0 Å². The molecule has 10 heteroatoms. The van der Waals surface area contributed by atoms with E-state index in [1.165, 1.54) is 15.6 Å². The molecule has 1 saturated heterocycles. The molecule has 1 fully saturated rings. The molecule has 32 heavy (non-hydrogen) atoms. The minimum absolute atomic E-state index is 0.131. The van der Waals surface area contributed by atoms with Crippen molar-refractivity contribution in [3.05, 3.63) is 62.7 Å². The van der Waals surface area contributed by atoms with Crippen LogP contribution in [0.4, 0.5) is 5.69 Å². The van der Waals surface area contributed by atoms with Crippen molar-refractivity contribution in [3.63, 3.8) is 0 Å². The molecule has 0 unspecified atom stereocenters. The molecule has 0 saturated carbocycles. The summed E-state index contributed by atoms with van der Waals surface area (Å²) < 4.78 is 34.5. The average Bonchev–Trinajstić information content (AvgIpc) is 3.20. The topological polar surface area (TPSA) is 63.9 Å². The lowest BCUT2D eigenvalue weighted by molar-refractivity contribution is 0.0730. The molecule has 170 valence electrons. The zero-order chi connectivity index (χ0) is 22.9. The molecule has 4 rings (SSSR count). The Bertz CT molecular complexity index is 1280. The predicted molar refractivity (Wildman–Crippen MR) is 129 cm³/mol. The van der Waals surface area contributed by atoms with Crippen LogP contribution in [0, 0.1) is 0 Å². The molecular weight excluding hydrogens is 489 g/mol. The first-order valence-corrected chi connectivity index (χ1v) is 13.2. The van der Waals surface area contributed by atoms with Gasteiger partial charge in [0.15, 0.2) is 4.80 Å². The van der Waals surface area contributed by atoms with Gasteiger partial charge >= 0.3 is 0 Å². The summed E-state index contributed by atoms with van der Waals surface area (Å²) in [6.45, 7) is 5.72. The Balaban J connectivity index is 1.70. The summed E-state index contributed by atoms with van der Waals surface area (Å²) in [4.78, 5) is 5.82. The number of nitrogens with zero attached hydrogens (tertiary/aromatic N) is 3. The molecule has 1 aliphatic heterocycles. The number of sulfonamides is 1. The van der Waals surface area contributed by atoms with Crippen LogP contribution in [0.5, 0.6) is 0 Å². The van der Waals surface area contributed by atoms with Crippen LogP contribution in [0.15, 0.2) is 57.7 Å². The molecule has 0 radical (unpaired) electrons. The lowest BCUT2D eigenvalue weighted by Gasteiger charge is -2.26. The highest BCUT2D eigenvalue weighted by Gasteiger charge is 2.26. The number of halogens is 2. The van der Waals surface area contributed by atoms with Gasteiger partial charge in [0, 0.05) is 35.1 Å². The third-order valence-electron chi connectivity index (χ3n) is 5.13. The quantitative estimate of drug-likeness (QED) is 0.463. The minimum Gasteiger partial charge on any atom is -0.379 e. The second-order valence-corrected chi connectivity index (χ2v) is 11.2. The summed E-state index contributed by atoms with van der Waals surface area (Å²) in [5.74, 6) is 0. The lowest BCUT2D eigenvalue weighted by Crippen LogP contribution is -2.40. The van der Waals surface area contributed by atoms with Crippen LogP contribution in [0.25, 0.3) is 11.3 Å². The van der Waals surface area contributed by atoms with E-state index in [0.717, 1.165) is 16.1 Å². The highest BCUT2D eigenvalue weighted by Crippen LogP contribution is 2.32. The number of ether oxygens (including phenoxy) is 1.